The number of alkyl halides is 3. The number of nitrogens with zero attached hydrogens (tertiary/aromatic N) is 2. The summed E-state index contributed by atoms with van der Waals surface area (Å²) in [5.74, 6) is 0.828. The Labute approximate surface area is 170 Å². The van der Waals surface area contributed by atoms with E-state index >= 15 is 0 Å². The average molecular weight is 420 g/mol. The molecule has 0 aliphatic carbocycles. The molecular formula is C21H19F3N2O4. The molecule has 1 atom stereocenters. The van der Waals surface area contributed by atoms with Crippen molar-refractivity contribution < 1.29 is 32.1 Å². The highest BCUT2D eigenvalue weighted by molar-refractivity contribution is 5.66. The SMILES string of the molecule is COc1ccc(-c2ccnn2-c2ccc(OC(F)(F)F)cc2)cc1OC1CCCO1. The molecule has 158 valence electrons. The van der Waals surface area contributed by atoms with E-state index in [1.165, 1.54) is 24.3 Å². The van der Waals surface area contributed by atoms with E-state index in [0.717, 1.165) is 24.1 Å². The van der Waals surface area contributed by atoms with E-state index in [2.05, 4.69) is 9.84 Å². The number of aromatic nitrogens is 2. The molecule has 0 spiro atoms. The van der Waals surface area contributed by atoms with Gasteiger partial charge in [-0.25, -0.2) is 4.68 Å². The fraction of sp³-hybridized carbons (Fsp3) is 0.286. The van der Waals surface area contributed by atoms with Crippen molar-refractivity contribution in [3.05, 3.63) is 54.7 Å². The molecule has 0 radical (unpaired) electrons. The standard InChI is InChI=1S/C21H19F3N2O4/c1-27-18-9-4-14(13-19(18)29-20-3-2-12-28-20)17-10-11-25-26(17)15-5-7-16(8-6-15)30-21(22,23)24/h4-11,13,20H,2-3,12H2,1H3. The van der Waals surface area contributed by atoms with Crippen molar-refractivity contribution in [2.24, 2.45) is 0 Å². The molecule has 1 fully saturated rings. The highest BCUT2D eigenvalue weighted by atomic mass is 19.4. The Balaban J connectivity index is 1.62. The van der Waals surface area contributed by atoms with Crippen LogP contribution in [0, 0.1) is 0 Å². The van der Waals surface area contributed by atoms with E-state index < -0.39 is 6.36 Å². The molecule has 6 nitrogen and oxygen atoms in total. The van der Waals surface area contributed by atoms with Crippen LogP contribution in [0.4, 0.5) is 13.2 Å². The second-order valence-electron chi connectivity index (χ2n) is 6.60. The van der Waals surface area contributed by atoms with Gasteiger partial charge in [0.25, 0.3) is 0 Å². The topological polar surface area (TPSA) is 54.7 Å². The van der Waals surface area contributed by atoms with Gasteiger partial charge < -0.3 is 18.9 Å². The molecule has 3 aromatic rings. The number of methoxy groups -OCH3 is 1. The maximum absolute atomic E-state index is 12.4. The van der Waals surface area contributed by atoms with Crippen LogP contribution < -0.4 is 14.2 Å². The lowest BCUT2D eigenvalue weighted by Gasteiger charge is -2.17. The van der Waals surface area contributed by atoms with Gasteiger partial charge in [0, 0.05) is 12.0 Å². The third kappa shape index (κ3) is 4.51. The number of halogens is 3. The van der Waals surface area contributed by atoms with E-state index in [1.54, 1.807) is 30.1 Å². The Morgan fingerprint density at radius 3 is 2.53 bits per heavy atom. The summed E-state index contributed by atoms with van der Waals surface area (Å²) in [4.78, 5) is 0. The summed E-state index contributed by atoms with van der Waals surface area (Å²) in [6.07, 6.45) is -1.70. The van der Waals surface area contributed by atoms with Crippen LogP contribution in [0.5, 0.6) is 17.2 Å². The van der Waals surface area contributed by atoms with Crippen LogP contribution in [0.25, 0.3) is 16.9 Å². The molecule has 2 aromatic carbocycles. The van der Waals surface area contributed by atoms with Gasteiger partial charge in [-0.3, -0.25) is 0 Å². The van der Waals surface area contributed by atoms with Gasteiger partial charge >= 0.3 is 6.36 Å². The zero-order valence-corrected chi connectivity index (χ0v) is 16.1. The molecule has 0 N–H and O–H groups in total. The molecule has 9 heteroatoms. The molecule has 4 rings (SSSR count). The highest BCUT2D eigenvalue weighted by Crippen LogP contribution is 2.35. The molecule has 0 bridgehead atoms. The van der Waals surface area contributed by atoms with Crippen molar-refractivity contribution in [2.45, 2.75) is 25.5 Å². The van der Waals surface area contributed by atoms with Gasteiger partial charge in [-0.1, -0.05) is 0 Å². The fourth-order valence-corrected chi connectivity index (χ4v) is 3.23. The van der Waals surface area contributed by atoms with Crippen LogP contribution in [0.2, 0.25) is 0 Å². The molecule has 2 heterocycles. The Bertz CT molecular complexity index is 996. The molecule has 1 aliphatic rings. The average Bonchev–Trinajstić information content (AvgIpc) is 3.39. The van der Waals surface area contributed by atoms with Gasteiger partial charge in [0.05, 0.1) is 31.3 Å². The maximum atomic E-state index is 12.4. The fourth-order valence-electron chi connectivity index (χ4n) is 3.23. The first-order valence-corrected chi connectivity index (χ1v) is 9.30. The maximum Gasteiger partial charge on any atom is 0.573 e. The van der Waals surface area contributed by atoms with Gasteiger partial charge in [-0.05, 0) is 55.0 Å². The zero-order valence-electron chi connectivity index (χ0n) is 16.1. The Morgan fingerprint density at radius 2 is 1.87 bits per heavy atom. The lowest BCUT2D eigenvalue weighted by molar-refractivity contribution is -0.274. The predicted octanol–water partition coefficient (Wildman–Crippen LogP) is 4.96. The first kappa shape index (κ1) is 20.1. The molecule has 1 saturated heterocycles. The van der Waals surface area contributed by atoms with Gasteiger partial charge in [-0.15, -0.1) is 13.2 Å². The van der Waals surface area contributed by atoms with E-state index in [1.807, 2.05) is 12.1 Å². The highest BCUT2D eigenvalue weighted by Gasteiger charge is 2.31. The number of benzene rings is 2. The van der Waals surface area contributed by atoms with Crippen LogP contribution in [0.3, 0.4) is 0 Å². The third-order valence-corrected chi connectivity index (χ3v) is 4.56. The Kier molecular flexibility index (Phi) is 5.54. The quantitative estimate of drug-likeness (QED) is 0.564. The summed E-state index contributed by atoms with van der Waals surface area (Å²) in [7, 11) is 1.56. The van der Waals surface area contributed by atoms with Gasteiger partial charge in [0.1, 0.15) is 5.75 Å². The van der Waals surface area contributed by atoms with Crippen LogP contribution in [-0.2, 0) is 4.74 Å². The third-order valence-electron chi connectivity index (χ3n) is 4.56. The van der Waals surface area contributed by atoms with Crippen molar-refractivity contribution in [1.82, 2.24) is 9.78 Å². The molecular weight excluding hydrogens is 401 g/mol. The second-order valence-corrected chi connectivity index (χ2v) is 6.60. The zero-order chi connectivity index (χ0) is 21.1. The summed E-state index contributed by atoms with van der Waals surface area (Å²) in [5.41, 5.74) is 2.12. The molecule has 30 heavy (non-hydrogen) atoms. The van der Waals surface area contributed by atoms with Crippen molar-refractivity contribution in [1.29, 1.82) is 0 Å². The monoisotopic (exact) mass is 420 g/mol. The molecule has 1 aliphatic heterocycles. The first-order valence-electron chi connectivity index (χ1n) is 9.30. The van der Waals surface area contributed by atoms with Crippen LogP contribution >= 0.6 is 0 Å². The lowest BCUT2D eigenvalue weighted by Crippen LogP contribution is -2.17. The largest absolute Gasteiger partial charge is 0.573 e. The lowest BCUT2D eigenvalue weighted by atomic mass is 10.1. The molecule has 0 saturated carbocycles. The number of ether oxygens (including phenoxy) is 4. The number of rotatable bonds is 6. The van der Waals surface area contributed by atoms with Gasteiger partial charge in [-0.2, -0.15) is 5.10 Å². The summed E-state index contributed by atoms with van der Waals surface area (Å²) >= 11 is 0. The summed E-state index contributed by atoms with van der Waals surface area (Å²) < 4.78 is 59.5. The van der Waals surface area contributed by atoms with Crippen molar-refractivity contribution in [3.63, 3.8) is 0 Å². The van der Waals surface area contributed by atoms with Gasteiger partial charge in [0.15, 0.2) is 17.8 Å². The minimum absolute atomic E-state index is 0.295. The minimum Gasteiger partial charge on any atom is -0.493 e. The number of hydrogen-bond donors (Lipinski definition) is 0. The first-order chi connectivity index (χ1) is 14.4. The van der Waals surface area contributed by atoms with E-state index in [9.17, 15) is 13.2 Å². The molecule has 1 aromatic heterocycles. The Hall–Kier alpha value is -3.20. The summed E-state index contributed by atoms with van der Waals surface area (Å²) in [6, 6.07) is 12.8. The normalized spacial score (nSPS) is 16.5. The second kappa shape index (κ2) is 8.27. The van der Waals surface area contributed by atoms with E-state index in [4.69, 9.17) is 14.2 Å². The van der Waals surface area contributed by atoms with Crippen molar-refractivity contribution >= 4 is 0 Å². The van der Waals surface area contributed by atoms with Crippen molar-refractivity contribution in [3.8, 4) is 34.2 Å². The van der Waals surface area contributed by atoms with Crippen LogP contribution in [0.15, 0.2) is 54.7 Å². The van der Waals surface area contributed by atoms with Gasteiger partial charge in [0.2, 0.25) is 0 Å². The minimum atomic E-state index is -4.74. The predicted molar refractivity (Wildman–Crippen MR) is 102 cm³/mol. The molecule has 1 unspecified atom stereocenters. The van der Waals surface area contributed by atoms with E-state index in [0.29, 0.717) is 23.8 Å². The van der Waals surface area contributed by atoms with Crippen molar-refractivity contribution in [2.75, 3.05) is 13.7 Å². The Morgan fingerprint density at radius 1 is 1.07 bits per heavy atom. The number of hydrogen-bond acceptors (Lipinski definition) is 5. The van der Waals surface area contributed by atoms with E-state index in [-0.39, 0.29) is 12.0 Å². The summed E-state index contributed by atoms with van der Waals surface area (Å²) in [6.45, 7) is 0.660. The summed E-state index contributed by atoms with van der Waals surface area (Å²) in [5, 5.41) is 4.30. The smallest absolute Gasteiger partial charge is 0.493 e. The molecule has 0 amide bonds. The van der Waals surface area contributed by atoms with Crippen LogP contribution in [0.1, 0.15) is 12.8 Å². The van der Waals surface area contributed by atoms with Crippen LogP contribution in [-0.4, -0.2) is 36.1 Å².